The number of aryl methyl sites for hydroxylation is 1. The predicted octanol–water partition coefficient (Wildman–Crippen LogP) is 3.58. The van der Waals surface area contributed by atoms with Gasteiger partial charge in [0.05, 0.1) is 0 Å². The highest BCUT2D eigenvalue weighted by Crippen LogP contribution is 2.21. The van der Waals surface area contributed by atoms with E-state index in [0.717, 1.165) is 23.1 Å². The van der Waals surface area contributed by atoms with Crippen molar-refractivity contribution in [3.05, 3.63) is 29.8 Å². The van der Waals surface area contributed by atoms with Gasteiger partial charge in [0.25, 0.3) is 0 Å². The van der Waals surface area contributed by atoms with Crippen molar-refractivity contribution in [2.24, 2.45) is 5.92 Å². The Morgan fingerprint density at radius 1 is 1.35 bits per heavy atom. The number of hydrogen-bond donors (Lipinski definition) is 1. The van der Waals surface area contributed by atoms with Crippen LogP contribution in [-0.4, -0.2) is 15.9 Å². The molecule has 0 aliphatic rings. The summed E-state index contributed by atoms with van der Waals surface area (Å²) < 4.78 is 4.37. The second-order valence-electron chi connectivity index (χ2n) is 4.57. The van der Waals surface area contributed by atoms with Crippen LogP contribution in [0.3, 0.4) is 0 Å². The topological polar surface area (TPSA) is 37.8 Å². The molecule has 3 nitrogen and oxygen atoms in total. The Hall–Kier alpha value is -1.42. The van der Waals surface area contributed by atoms with E-state index in [9.17, 15) is 0 Å². The van der Waals surface area contributed by atoms with Gasteiger partial charge in [0.2, 0.25) is 5.13 Å². The summed E-state index contributed by atoms with van der Waals surface area (Å²) in [6.07, 6.45) is 0. The molecule has 1 N–H and O–H groups in total. The van der Waals surface area contributed by atoms with Crippen LogP contribution in [0.5, 0.6) is 0 Å². The first kappa shape index (κ1) is 12.0. The highest BCUT2D eigenvalue weighted by Gasteiger charge is 2.06. The quantitative estimate of drug-likeness (QED) is 0.897. The Morgan fingerprint density at radius 3 is 2.88 bits per heavy atom. The first-order valence-electron chi connectivity index (χ1n) is 5.80. The molecular weight excluding hydrogens is 230 g/mol. The fourth-order valence-electron chi connectivity index (χ4n) is 1.49. The lowest BCUT2D eigenvalue weighted by molar-refractivity contribution is 0.688. The Kier molecular flexibility index (Phi) is 3.74. The van der Waals surface area contributed by atoms with Crippen molar-refractivity contribution >= 4 is 16.7 Å². The van der Waals surface area contributed by atoms with Crippen LogP contribution in [0, 0.1) is 12.8 Å². The van der Waals surface area contributed by atoms with Crippen LogP contribution < -0.4 is 5.32 Å². The summed E-state index contributed by atoms with van der Waals surface area (Å²) in [6.45, 7) is 7.36. The van der Waals surface area contributed by atoms with Crippen molar-refractivity contribution in [2.75, 3.05) is 11.9 Å². The standard InChI is InChI=1S/C13H17N3S/c1-9(2)8-14-13-15-12(16-17-13)11-6-4-5-10(3)7-11/h4-7,9H,8H2,1-3H3,(H,14,15,16). The number of nitrogens with one attached hydrogen (secondary N) is 1. The minimum atomic E-state index is 0.612. The maximum absolute atomic E-state index is 4.49. The number of aromatic nitrogens is 2. The van der Waals surface area contributed by atoms with Crippen molar-refractivity contribution in [1.82, 2.24) is 9.36 Å². The van der Waals surface area contributed by atoms with Gasteiger partial charge in [-0.05, 0) is 18.9 Å². The Balaban J connectivity index is 2.12. The van der Waals surface area contributed by atoms with Crippen molar-refractivity contribution in [3.8, 4) is 11.4 Å². The van der Waals surface area contributed by atoms with E-state index in [1.807, 2.05) is 12.1 Å². The summed E-state index contributed by atoms with van der Waals surface area (Å²) in [6, 6.07) is 8.26. The lowest BCUT2D eigenvalue weighted by atomic mass is 10.1. The third kappa shape index (κ3) is 3.27. The minimum absolute atomic E-state index is 0.612. The molecular formula is C13H17N3S. The zero-order valence-corrected chi connectivity index (χ0v) is 11.2. The molecule has 1 heterocycles. The monoisotopic (exact) mass is 247 g/mol. The van der Waals surface area contributed by atoms with Crippen LogP contribution in [0.25, 0.3) is 11.4 Å². The summed E-state index contributed by atoms with van der Waals surface area (Å²) in [5, 5.41) is 4.19. The first-order valence-corrected chi connectivity index (χ1v) is 6.57. The predicted molar refractivity (Wildman–Crippen MR) is 73.4 cm³/mol. The number of hydrogen-bond acceptors (Lipinski definition) is 4. The van der Waals surface area contributed by atoms with Crippen LogP contribution in [0.15, 0.2) is 24.3 Å². The molecule has 1 aromatic carbocycles. The van der Waals surface area contributed by atoms with E-state index in [-0.39, 0.29) is 0 Å². The van der Waals surface area contributed by atoms with E-state index < -0.39 is 0 Å². The van der Waals surface area contributed by atoms with Gasteiger partial charge in [-0.3, -0.25) is 0 Å². The van der Waals surface area contributed by atoms with Gasteiger partial charge in [0.15, 0.2) is 5.82 Å². The number of benzene rings is 1. The highest BCUT2D eigenvalue weighted by molar-refractivity contribution is 7.09. The van der Waals surface area contributed by atoms with Crippen LogP contribution in [0.2, 0.25) is 0 Å². The van der Waals surface area contributed by atoms with Gasteiger partial charge in [-0.15, -0.1) is 0 Å². The highest BCUT2D eigenvalue weighted by atomic mass is 32.1. The third-order valence-corrected chi connectivity index (χ3v) is 3.04. The Morgan fingerprint density at radius 2 is 2.18 bits per heavy atom. The fourth-order valence-corrected chi connectivity index (χ4v) is 2.08. The summed E-state index contributed by atoms with van der Waals surface area (Å²) in [5.41, 5.74) is 2.31. The van der Waals surface area contributed by atoms with Crippen LogP contribution in [0.1, 0.15) is 19.4 Å². The summed E-state index contributed by atoms with van der Waals surface area (Å²) in [7, 11) is 0. The van der Waals surface area contributed by atoms with Gasteiger partial charge in [0, 0.05) is 23.6 Å². The number of rotatable bonds is 4. The van der Waals surface area contributed by atoms with E-state index in [4.69, 9.17) is 0 Å². The van der Waals surface area contributed by atoms with Gasteiger partial charge in [-0.2, -0.15) is 9.36 Å². The molecule has 0 aliphatic heterocycles. The molecule has 17 heavy (non-hydrogen) atoms. The zero-order chi connectivity index (χ0) is 12.3. The Labute approximate surface area is 106 Å². The SMILES string of the molecule is Cc1cccc(-c2nsc(NCC(C)C)n2)c1. The maximum Gasteiger partial charge on any atom is 0.202 e. The van der Waals surface area contributed by atoms with Crippen LogP contribution in [0.4, 0.5) is 5.13 Å². The molecule has 0 aliphatic carbocycles. The van der Waals surface area contributed by atoms with Gasteiger partial charge >= 0.3 is 0 Å². The minimum Gasteiger partial charge on any atom is -0.360 e. The molecule has 4 heteroatoms. The van der Waals surface area contributed by atoms with E-state index in [1.165, 1.54) is 17.1 Å². The first-order chi connectivity index (χ1) is 8.15. The normalized spacial score (nSPS) is 10.8. The average Bonchev–Trinajstić information content (AvgIpc) is 2.75. The lowest BCUT2D eigenvalue weighted by Crippen LogP contribution is -2.07. The number of anilines is 1. The van der Waals surface area contributed by atoms with E-state index in [1.54, 1.807) is 0 Å². The Bertz CT molecular complexity index is 491. The van der Waals surface area contributed by atoms with Crippen LogP contribution in [-0.2, 0) is 0 Å². The second-order valence-corrected chi connectivity index (χ2v) is 5.32. The molecule has 90 valence electrons. The molecule has 0 atom stereocenters. The molecule has 0 unspecified atom stereocenters. The van der Waals surface area contributed by atoms with Crippen molar-refractivity contribution in [3.63, 3.8) is 0 Å². The van der Waals surface area contributed by atoms with E-state index in [0.29, 0.717) is 5.92 Å². The molecule has 2 rings (SSSR count). The fraction of sp³-hybridized carbons (Fsp3) is 0.385. The molecule has 0 saturated heterocycles. The third-order valence-electron chi connectivity index (χ3n) is 2.36. The summed E-state index contributed by atoms with van der Waals surface area (Å²) in [4.78, 5) is 4.49. The van der Waals surface area contributed by atoms with Gasteiger partial charge in [-0.1, -0.05) is 37.6 Å². The number of nitrogens with zero attached hydrogens (tertiary/aromatic N) is 2. The zero-order valence-electron chi connectivity index (χ0n) is 10.4. The van der Waals surface area contributed by atoms with Gasteiger partial charge < -0.3 is 5.32 Å². The largest absolute Gasteiger partial charge is 0.360 e. The van der Waals surface area contributed by atoms with Gasteiger partial charge in [0.1, 0.15) is 0 Å². The molecule has 0 radical (unpaired) electrons. The molecule has 2 aromatic rings. The second kappa shape index (κ2) is 5.27. The van der Waals surface area contributed by atoms with Crippen molar-refractivity contribution < 1.29 is 0 Å². The average molecular weight is 247 g/mol. The summed E-state index contributed by atoms with van der Waals surface area (Å²) >= 11 is 1.42. The molecule has 0 spiro atoms. The molecule has 0 saturated carbocycles. The molecule has 0 bridgehead atoms. The molecule has 0 fully saturated rings. The molecule has 1 aromatic heterocycles. The lowest BCUT2D eigenvalue weighted by Gasteiger charge is -2.03. The molecule has 0 amide bonds. The summed E-state index contributed by atoms with van der Waals surface area (Å²) in [5.74, 6) is 1.42. The maximum atomic E-state index is 4.49. The van der Waals surface area contributed by atoms with Crippen LogP contribution >= 0.6 is 11.5 Å². The smallest absolute Gasteiger partial charge is 0.202 e. The van der Waals surface area contributed by atoms with E-state index >= 15 is 0 Å². The van der Waals surface area contributed by atoms with Crippen molar-refractivity contribution in [1.29, 1.82) is 0 Å². The van der Waals surface area contributed by atoms with Gasteiger partial charge in [-0.25, -0.2) is 0 Å². The van der Waals surface area contributed by atoms with Crippen molar-refractivity contribution in [2.45, 2.75) is 20.8 Å². The van der Waals surface area contributed by atoms with E-state index in [2.05, 4.69) is 47.6 Å².